The molecule has 2 amide bonds. The summed E-state index contributed by atoms with van der Waals surface area (Å²) in [6.45, 7) is 5.81. The van der Waals surface area contributed by atoms with Crippen molar-refractivity contribution in [2.24, 2.45) is 11.8 Å². The number of rotatable bonds is 8. The number of fused-ring (bicyclic) bond motifs is 1. The second-order valence-electron chi connectivity index (χ2n) is 10.7. The van der Waals surface area contributed by atoms with E-state index in [1.165, 1.54) is 24.8 Å². The Balaban J connectivity index is 1.45. The Morgan fingerprint density at radius 2 is 1.76 bits per heavy atom. The highest BCUT2D eigenvalue weighted by Crippen LogP contribution is 2.34. The maximum absolute atomic E-state index is 14.0. The van der Waals surface area contributed by atoms with Crippen molar-refractivity contribution in [3.8, 4) is 0 Å². The number of carbonyl (C=O) groups excluding carboxylic acids is 2. The highest BCUT2D eigenvalue weighted by atomic mass is 16.2. The second kappa shape index (κ2) is 12.2. The summed E-state index contributed by atoms with van der Waals surface area (Å²) < 4.78 is 0. The van der Waals surface area contributed by atoms with Crippen LogP contribution in [0.4, 0.5) is 0 Å². The van der Waals surface area contributed by atoms with Gasteiger partial charge in [-0.1, -0.05) is 49.6 Å². The summed E-state index contributed by atoms with van der Waals surface area (Å²) in [6, 6.07) is 10.3. The van der Waals surface area contributed by atoms with Gasteiger partial charge < -0.3 is 20.4 Å². The van der Waals surface area contributed by atoms with Crippen LogP contribution in [0.1, 0.15) is 63.9 Å². The molecule has 2 aliphatic heterocycles. The van der Waals surface area contributed by atoms with Crippen molar-refractivity contribution in [3.63, 3.8) is 0 Å². The molecule has 2 saturated heterocycles. The molecule has 1 aliphatic carbocycles. The molecule has 0 radical (unpaired) electrons. The predicted octanol–water partition coefficient (Wildman–Crippen LogP) is 3.22. The molecule has 2 heterocycles. The van der Waals surface area contributed by atoms with Gasteiger partial charge in [-0.15, -0.1) is 0 Å². The molecule has 4 atom stereocenters. The standard InChI is InChI=1S/C28H44N4O2/c1-21(29-2)27(33)30-26(24-12-7-4-8-13-24)28(34)32-19-16-23-14-9-17-31(20-25(23)32)18-15-22-10-5-3-6-11-22/h3,5-6,10-11,21,23-26,29H,4,7-9,12-20H2,1-2H3,(H,30,33). The van der Waals surface area contributed by atoms with Gasteiger partial charge in [-0.05, 0) is 76.4 Å². The number of benzene rings is 1. The van der Waals surface area contributed by atoms with Gasteiger partial charge in [0, 0.05) is 25.7 Å². The van der Waals surface area contributed by atoms with Crippen LogP contribution >= 0.6 is 0 Å². The van der Waals surface area contributed by atoms with Crippen molar-refractivity contribution in [1.29, 1.82) is 0 Å². The van der Waals surface area contributed by atoms with Gasteiger partial charge in [0.1, 0.15) is 6.04 Å². The van der Waals surface area contributed by atoms with Crippen molar-refractivity contribution >= 4 is 11.8 Å². The summed E-state index contributed by atoms with van der Waals surface area (Å²) in [4.78, 5) is 31.6. The third kappa shape index (κ3) is 6.19. The molecular weight excluding hydrogens is 424 g/mol. The van der Waals surface area contributed by atoms with Crippen molar-refractivity contribution in [2.75, 3.05) is 33.2 Å². The zero-order valence-corrected chi connectivity index (χ0v) is 21.2. The molecule has 3 fully saturated rings. The Morgan fingerprint density at radius 3 is 2.50 bits per heavy atom. The number of nitrogens with one attached hydrogen (secondary N) is 2. The Bertz CT molecular complexity index is 795. The van der Waals surface area contributed by atoms with Gasteiger partial charge in [0.25, 0.3) is 0 Å². The number of carbonyl (C=O) groups is 2. The van der Waals surface area contributed by atoms with Crippen molar-refractivity contribution < 1.29 is 9.59 Å². The first-order valence-corrected chi connectivity index (χ1v) is 13.6. The summed E-state index contributed by atoms with van der Waals surface area (Å²) in [7, 11) is 1.79. The van der Waals surface area contributed by atoms with Crippen LogP contribution in [0.2, 0.25) is 0 Å². The highest BCUT2D eigenvalue weighted by Gasteiger charge is 2.43. The lowest BCUT2D eigenvalue weighted by Crippen LogP contribution is -2.57. The summed E-state index contributed by atoms with van der Waals surface area (Å²) >= 11 is 0. The molecule has 6 nitrogen and oxygen atoms in total. The maximum atomic E-state index is 14.0. The molecule has 2 N–H and O–H groups in total. The van der Waals surface area contributed by atoms with Crippen molar-refractivity contribution in [2.45, 2.75) is 82.8 Å². The van der Waals surface area contributed by atoms with Crippen LogP contribution < -0.4 is 10.6 Å². The summed E-state index contributed by atoms with van der Waals surface area (Å²) in [5.41, 5.74) is 1.38. The predicted molar refractivity (Wildman–Crippen MR) is 136 cm³/mol. The summed E-state index contributed by atoms with van der Waals surface area (Å²) in [5.74, 6) is 0.950. The van der Waals surface area contributed by atoms with Crippen LogP contribution in [0.5, 0.6) is 0 Å². The van der Waals surface area contributed by atoms with Gasteiger partial charge >= 0.3 is 0 Å². The third-order valence-electron chi connectivity index (χ3n) is 8.53. The van der Waals surface area contributed by atoms with Crippen molar-refractivity contribution in [1.82, 2.24) is 20.4 Å². The molecule has 1 saturated carbocycles. The fraction of sp³-hybridized carbons (Fsp3) is 0.714. The van der Waals surface area contributed by atoms with Gasteiger partial charge in [0.2, 0.25) is 11.8 Å². The van der Waals surface area contributed by atoms with E-state index < -0.39 is 0 Å². The minimum Gasteiger partial charge on any atom is -0.343 e. The molecule has 188 valence electrons. The highest BCUT2D eigenvalue weighted by molar-refractivity contribution is 5.90. The molecule has 6 heteroatoms. The van der Waals surface area contributed by atoms with Crippen LogP contribution in [-0.2, 0) is 16.0 Å². The van der Waals surface area contributed by atoms with Crippen LogP contribution in [0.3, 0.4) is 0 Å². The molecule has 3 aliphatic rings. The normalized spacial score (nSPS) is 25.9. The number of likely N-dealkylation sites (tertiary alicyclic amines) is 2. The third-order valence-corrected chi connectivity index (χ3v) is 8.53. The van der Waals surface area contributed by atoms with Gasteiger partial charge in [0.15, 0.2) is 0 Å². The fourth-order valence-electron chi connectivity index (χ4n) is 6.28. The van der Waals surface area contributed by atoms with Crippen LogP contribution in [0.25, 0.3) is 0 Å². The molecular formula is C28H44N4O2. The van der Waals surface area contributed by atoms with Crippen LogP contribution in [0, 0.1) is 11.8 Å². The molecule has 1 aromatic rings. The van der Waals surface area contributed by atoms with E-state index in [1.54, 1.807) is 7.05 Å². The number of likely N-dealkylation sites (N-methyl/N-ethyl adjacent to an activating group) is 1. The van der Waals surface area contributed by atoms with E-state index in [1.807, 2.05) is 6.92 Å². The molecule has 4 rings (SSSR count). The lowest BCUT2D eigenvalue weighted by molar-refractivity contribution is -0.140. The lowest BCUT2D eigenvalue weighted by Gasteiger charge is -2.37. The SMILES string of the molecule is CNC(C)C(=O)NC(C(=O)N1CCC2CCCN(CCc3ccccc3)CC21)C1CCCCC1. The molecule has 0 aromatic heterocycles. The van der Waals surface area contributed by atoms with E-state index in [0.717, 1.165) is 64.7 Å². The molecule has 1 aromatic carbocycles. The first-order valence-electron chi connectivity index (χ1n) is 13.6. The zero-order valence-electron chi connectivity index (χ0n) is 21.2. The largest absolute Gasteiger partial charge is 0.343 e. The van der Waals surface area contributed by atoms with Crippen molar-refractivity contribution in [3.05, 3.63) is 35.9 Å². The zero-order chi connectivity index (χ0) is 23.9. The van der Waals surface area contributed by atoms with Gasteiger partial charge in [-0.3, -0.25) is 9.59 Å². The average Bonchev–Trinajstić information content (AvgIpc) is 3.16. The van der Waals surface area contributed by atoms with E-state index in [2.05, 4.69) is 50.8 Å². The molecule has 0 bridgehead atoms. The second-order valence-corrected chi connectivity index (χ2v) is 10.7. The monoisotopic (exact) mass is 468 g/mol. The Morgan fingerprint density at radius 1 is 1.00 bits per heavy atom. The average molecular weight is 469 g/mol. The number of nitrogens with zero attached hydrogens (tertiary/aromatic N) is 2. The van der Waals surface area contributed by atoms with E-state index in [9.17, 15) is 9.59 Å². The van der Waals surface area contributed by atoms with Crippen LogP contribution in [-0.4, -0.2) is 73.0 Å². The van der Waals surface area contributed by atoms with E-state index in [4.69, 9.17) is 0 Å². The first-order chi connectivity index (χ1) is 16.6. The molecule has 34 heavy (non-hydrogen) atoms. The minimum atomic E-state index is -0.386. The van der Waals surface area contributed by atoms with Gasteiger partial charge in [0.05, 0.1) is 6.04 Å². The minimum absolute atomic E-state index is 0.0625. The lowest BCUT2D eigenvalue weighted by atomic mass is 9.83. The van der Waals surface area contributed by atoms with Crippen LogP contribution in [0.15, 0.2) is 30.3 Å². The molecule has 0 spiro atoms. The molecule has 4 unspecified atom stereocenters. The van der Waals surface area contributed by atoms with E-state index >= 15 is 0 Å². The van der Waals surface area contributed by atoms with E-state index in [0.29, 0.717) is 5.92 Å². The summed E-state index contributed by atoms with van der Waals surface area (Å²) in [6.07, 6.45) is 10.2. The number of hydrogen-bond donors (Lipinski definition) is 2. The maximum Gasteiger partial charge on any atom is 0.245 e. The van der Waals surface area contributed by atoms with Gasteiger partial charge in [-0.2, -0.15) is 0 Å². The Labute approximate surface area is 205 Å². The number of amides is 2. The first kappa shape index (κ1) is 25.2. The Kier molecular flexibility index (Phi) is 9.01. The van der Waals surface area contributed by atoms with E-state index in [-0.39, 0.29) is 35.9 Å². The smallest absolute Gasteiger partial charge is 0.245 e. The number of hydrogen-bond acceptors (Lipinski definition) is 4. The fourth-order valence-corrected chi connectivity index (χ4v) is 6.28. The van der Waals surface area contributed by atoms with Gasteiger partial charge in [-0.25, -0.2) is 0 Å². The summed E-state index contributed by atoms with van der Waals surface area (Å²) in [5, 5.41) is 6.20. The quantitative estimate of drug-likeness (QED) is 0.615. The topological polar surface area (TPSA) is 64.7 Å². The Hall–Kier alpha value is -1.92.